The molecule has 0 aliphatic carbocycles. The SMILES string of the molecule is Cc1cc(Br)cc2cn(Cc3ccc(Oc4ccccn4)cc3)c(O)c12. The van der Waals surface area contributed by atoms with Crippen molar-refractivity contribution >= 4 is 26.7 Å². The van der Waals surface area contributed by atoms with Gasteiger partial charge in [0.05, 0.1) is 6.54 Å². The number of hydrogen-bond acceptors (Lipinski definition) is 3. The van der Waals surface area contributed by atoms with Gasteiger partial charge in [0.2, 0.25) is 5.88 Å². The van der Waals surface area contributed by atoms with Gasteiger partial charge in [0, 0.05) is 33.7 Å². The molecule has 2 aromatic heterocycles. The average Bonchev–Trinajstić information content (AvgIpc) is 2.93. The van der Waals surface area contributed by atoms with Gasteiger partial charge in [-0.1, -0.05) is 34.1 Å². The van der Waals surface area contributed by atoms with Crippen LogP contribution >= 0.6 is 15.9 Å². The number of ether oxygens (including phenoxy) is 1. The second-order valence-corrected chi connectivity index (χ2v) is 7.10. The van der Waals surface area contributed by atoms with E-state index in [2.05, 4.69) is 20.9 Å². The maximum atomic E-state index is 10.6. The van der Waals surface area contributed by atoms with E-state index >= 15 is 0 Å². The lowest BCUT2D eigenvalue weighted by Gasteiger charge is -2.08. The number of pyridine rings is 1. The van der Waals surface area contributed by atoms with Gasteiger partial charge in [0.1, 0.15) is 5.75 Å². The summed E-state index contributed by atoms with van der Waals surface area (Å²) in [6.45, 7) is 2.59. The number of halogens is 1. The average molecular weight is 409 g/mol. The van der Waals surface area contributed by atoms with Crippen LogP contribution in [0.2, 0.25) is 0 Å². The molecule has 26 heavy (non-hydrogen) atoms. The van der Waals surface area contributed by atoms with Crippen molar-refractivity contribution in [3.63, 3.8) is 0 Å². The summed E-state index contributed by atoms with van der Waals surface area (Å²) in [5, 5.41) is 12.5. The van der Waals surface area contributed by atoms with Crippen molar-refractivity contribution in [1.29, 1.82) is 0 Å². The summed E-state index contributed by atoms with van der Waals surface area (Å²) in [4.78, 5) is 4.15. The summed E-state index contributed by atoms with van der Waals surface area (Å²) in [5.74, 6) is 1.59. The molecular weight excluding hydrogens is 392 g/mol. The molecular formula is C21H17BrN2O2. The van der Waals surface area contributed by atoms with Crippen LogP contribution in [0.4, 0.5) is 0 Å². The summed E-state index contributed by atoms with van der Waals surface area (Å²) < 4.78 is 8.58. The van der Waals surface area contributed by atoms with Gasteiger partial charge in [-0.15, -0.1) is 0 Å². The van der Waals surface area contributed by atoms with E-state index in [0.717, 1.165) is 32.1 Å². The number of aromatic hydroxyl groups is 1. The molecule has 0 fully saturated rings. The van der Waals surface area contributed by atoms with E-state index in [1.54, 1.807) is 6.20 Å². The molecule has 0 saturated heterocycles. The van der Waals surface area contributed by atoms with Gasteiger partial charge < -0.3 is 14.4 Å². The van der Waals surface area contributed by atoms with E-state index in [9.17, 15) is 5.11 Å². The topological polar surface area (TPSA) is 47.3 Å². The predicted octanol–water partition coefficient (Wildman–Crippen LogP) is 5.65. The van der Waals surface area contributed by atoms with Crippen molar-refractivity contribution in [2.24, 2.45) is 0 Å². The van der Waals surface area contributed by atoms with Crippen molar-refractivity contribution in [2.45, 2.75) is 13.5 Å². The first-order chi connectivity index (χ1) is 12.6. The molecule has 4 nitrogen and oxygen atoms in total. The quantitative estimate of drug-likeness (QED) is 0.474. The lowest BCUT2D eigenvalue weighted by Crippen LogP contribution is -1.97. The zero-order valence-electron chi connectivity index (χ0n) is 14.2. The molecule has 4 aromatic rings. The first kappa shape index (κ1) is 16.7. The van der Waals surface area contributed by atoms with Crippen LogP contribution in [0, 0.1) is 6.92 Å². The van der Waals surface area contributed by atoms with E-state index in [-0.39, 0.29) is 0 Å². The van der Waals surface area contributed by atoms with Crippen molar-refractivity contribution in [3.8, 4) is 17.5 Å². The molecule has 0 bridgehead atoms. The molecule has 130 valence electrons. The van der Waals surface area contributed by atoms with Crippen LogP contribution in [-0.2, 0) is 6.54 Å². The third-order valence-electron chi connectivity index (χ3n) is 4.26. The monoisotopic (exact) mass is 408 g/mol. The van der Waals surface area contributed by atoms with Crippen molar-refractivity contribution in [1.82, 2.24) is 9.55 Å². The number of rotatable bonds is 4. The predicted molar refractivity (Wildman–Crippen MR) is 106 cm³/mol. The maximum absolute atomic E-state index is 10.6. The Hall–Kier alpha value is -2.79. The van der Waals surface area contributed by atoms with Crippen LogP contribution in [0.15, 0.2) is 71.5 Å². The number of nitrogens with zero attached hydrogens (tertiary/aromatic N) is 2. The maximum Gasteiger partial charge on any atom is 0.219 e. The highest BCUT2D eigenvalue weighted by Crippen LogP contribution is 2.33. The summed E-state index contributed by atoms with van der Waals surface area (Å²) in [7, 11) is 0. The fourth-order valence-electron chi connectivity index (χ4n) is 3.06. The zero-order valence-corrected chi connectivity index (χ0v) is 15.8. The third-order valence-corrected chi connectivity index (χ3v) is 4.72. The Morgan fingerprint density at radius 1 is 1.12 bits per heavy atom. The third kappa shape index (κ3) is 3.30. The molecule has 4 rings (SSSR count). The molecule has 0 saturated carbocycles. The lowest BCUT2D eigenvalue weighted by atomic mass is 10.1. The molecule has 1 N–H and O–H groups in total. The Morgan fingerprint density at radius 3 is 2.65 bits per heavy atom. The first-order valence-corrected chi connectivity index (χ1v) is 9.05. The van der Waals surface area contributed by atoms with E-state index < -0.39 is 0 Å². The van der Waals surface area contributed by atoms with Gasteiger partial charge in [-0.05, 0) is 48.4 Å². The van der Waals surface area contributed by atoms with Crippen molar-refractivity contribution in [3.05, 3.63) is 82.6 Å². The first-order valence-electron chi connectivity index (χ1n) is 8.26. The van der Waals surface area contributed by atoms with Gasteiger partial charge in [-0.2, -0.15) is 0 Å². The number of aryl methyl sites for hydroxylation is 1. The Balaban J connectivity index is 1.57. The molecule has 0 aliphatic heterocycles. The van der Waals surface area contributed by atoms with E-state index in [4.69, 9.17) is 4.74 Å². The van der Waals surface area contributed by atoms with Crippen molar-refractivity contribution < 1.29 is 9.84 Å². The molecule has 0 amide bonds. The highest BCUT2D eigenvalue weighted by Gasteiger charge is 2.12. The van der Waals surface area contributed by atoms with E-state index in [0.29, 0.717) is 18.3 Å². The second kappa shape index (κ2) is 6.84. The fraction of sp³-hybridized carbons (Fsp3) is 0.0952. The van der Waals surface area contributed by atoms with Crippen LogP contribution in [0.3, 0.4) is 0 Å². The normalized spacial score (nSPS) is 11.0. The van der Waals surface area contributed by atoms with E-state index in [1.807, 2.05) is 72.3 Å². The van der Waals surface area contributed by atoms with Crippen LogP contribution in [0.1, 0.15) is 11.1 Å². The van der Waals surface area contributed by atoms with Crippen LogP contribution in [-0.4, -0.2) is 14.7 Å². The number of benzene rings is 2. The van der Waals surface area contributed by atoms with Crippen LogP contribution in [0.5, 0.6) is 17.5 Å². The second-order valence-electron chi connectivity index (χ2n) is 6.18. The molecule has 0 spiro atoms. The molecule has 0 radical (unpaired) electrons. The molecule has 0 unspecified atom stereocenters. The summed E-state index contributed by atoms with van der Waals surface area (Å²) in [6, 6.07) is 17.4. The number of hydrogen-bond donors (Lipinski definition) is 1. The minimum atomic E-state index is 0.291. The Labute approximate surface area is 159 Å². The molecule has 0 aliphatic rings. The Bertz CT molecular complexity index is 1060. The van der Waals surface area contributed by atoms with Gasteiger partial charge in [0.15, 0.2) is 5.88 Å². The lowest BCUT2D eigenvalue weighted by molar-refractivity contribution is 0.430. The van der Waals surface area contributed by atoms with Gasteiger partial charge in [-0.25, -0.2) is 4.98 Å². The molecule has 0 atom stereocenters. The smallest absolute Gasteiger partial charge is 0.219 e. The summed E-state index contributed by atoms with van der Waals surface area (Å²) in [6.07, 6.45) is 3.67. The molecule has 5 heteroatoms. The largest absolute Gasteiger partial charge is 0.494 e. The highest BCUT2D eigenvalue weighted by molar-refractivity contribution is 9.10. The van der Waals surface area contributed by atoms with Gasteiger partial charge >= 0.3 is 0 Å². The van der Waals surface area contributed by atoms with Gasteiger partial charge in [-0.3, -0.25) is 0 Å². The van der Waals surface area contributed by atoms with E-state index in [1.165, 1.54) is 0 Å². The number of aromatic nitrogens is 2. The summed E-state index contributed by atoms with van der Waals surface area (Å²) >= 11 is 3.51. The Morgan fingerprint density at radius 2 is 1.92 bits per heavy atom. The number of fused-ring (bicyclic) bond motifs is 1. The highest BCUT2D eigenvalue weighted by atomic mass is 79.9. The van der Waals surface area contributed by atoms with Gasteiger partial charge in [0.25, 0.3) is 0 Å². The fourth-order valence-corrected chi connectivity index (χ4v) is 3.65. The summed E-state index contributed by atoms with van der Waals surface area (Å²) in [5.41, 5.74) is 2.12. The molecule has 2 heterocycles. The zero-order chi connectivity index (χ0) is 18.1. The van der Waals surface area contributed by atoms with Crippen LogP contribution in [0.25, 0.3) is 10.8 Å². The standard InChI is InChI=1S/C21H17BrN2O2/c1-14-10-17(22)11-16-13-24(21(25)20(14)16)12-15-5-7-18(8-6-15)26-19-4-2-3-9-23-19/h2-11,13,25H,12H2,1H3. The van der Waals surface area contributed by atoms with Crippen molar-refractivity contribution in [2.75, 3.05) is 0 Å². The minimum absolute atomic E-state index is 0.291. The van der Waals surface area contributed by atoms with Crippen LogP contribution < -0.4 is 4.74 Å². The Kier molecular flexibility index (Phi) is 4.39. The molecule has 2 aromatic carbocycles. The minimum Gasteiger partial charge on any atom is -0.494 e.